The Kier molecular flexibility index (Phi) is 4.77. The normalized spacial score (nSPS) is 10.5. The molecule has 2 rings (SSSR count). The second-order valence-electron chi connectivity index (χ2n) is 3.96. The highest BCUT2D eigenvalue weighted by Crippen LogP contribution is 2.27. The molecule has 5 heteroatoms. The Balaban J connectivity index is 2.10. The van der Waals surface area contributed by atoms with Gasteiger partial charge in [-0.05, 0) is 35.4 Å². The van der Waals surface area contributed by atoms with E-state index >= 15 is 0 Å². The summed E-state index contributed by atoms with van der Waals surface area (Å²) in [4.78, 5) is 0. The third kappa shape index (κ3) is 3.91. The topological polar surface area (TPSA) is 9.23 Å². The van der Waals surface area contributed by atoms with Crippen molar-refractivity contribution < 1.29 is 13.5 Å². The van der Waals surface area contributed by atoms with Crippen LogP contribution in [0, 0.1) is 11.6 Å². The predicted molar refractivity (Wildman–Crippen MR) is 74.8 cm³/mol. The molecule has 0 saturated heterocycles. The van der Waals surface area contributed by atoms with Crippen LogP contribution in [0.5, 0.6) is 5.75 Å². The molecule has 0 aliphatic heterocycles. The van der Waals surface area contributed by atoms with Gasteiger partial charge in [0.1, 0.15) is 24.0 Å². The van der Waals surface area contributed by atoms with E-state index in [1.165, 1.54) is 12.1 Å². The van der Waals surface area contributed by atoms with E-state index in [0.29, 0.717) is 21.7 Å². The summed E-state index contributed by atoms with van der Waals surface area (Å²) in [5.41, 5.74) is 1.44. The van der Waals surface area contributed by atoms with Crippen molar-refractivity contribution >= 4 is 27.5 Å². The highest BCUT2D eigenvalue weighted by atomic mass is 79.9. The first-order chi connectivity index (χ1) is 9.08. The zero-order valence-electron chi connectivity index (χ0n) is 9.80. The second-order valence-corrected chi connectivity index (χ2v) is 4.93. The minimum Gasteiger partial charge on any atom is -0.487 e. The molecule has 0 unspecified atom stereocenters. The van der Waals surface area contributed by atoms with Gasteiger partial charge in [-0.15, -0.1) is 0 Å². The summed E-state index contributed by atoms with van der Waals surface area (Å²) in [5, 5.41) is 1.16. The van der Waals surface area contributed by atoms with E-state index in [1.54, 1.807) is 12.1 Å². The number of benzene rings is 2. The van der Waals surface area contributed by atoms with Crippen molar-refractivity contribution in [2.75, 3.05) is 0 Å². The Morgan fingerprint density at radius 2 is 1.68 bits per heavy atom. The van der Waals surface area contributed by atoms with Crippen molar-refractivity contribution in [2.24, 2.45) is 0 Å². The van der Waals surface area contributed by atoms with E-state index in [-0.39, 0.29) is 6.61 Å². The molecule has 1 nitrogen and oxygen atoms in total. The smallest absolute Gasteiger partial charge is 0.138 e. The SMILES string of the molecule is Fc1cc(F)cc(COc2ccc(CBr)cc2Cl)c1. The molecule has 2 aromatic rings. The fraction of sp³-hybridized carbons (Fsp3) is 0.143. The number of hydrogen-bond donors (Lipinski definition) is 0. The number of halogens is 4. The van der Waals surface area contributed by atoms with Gasteiger partial charge in [-0.2, -0.15) is 0 Å². The van der Waals surface area contributed by atoms with Crippen LogP contribution in [0.1, 0.15) is 11.1 Å². The standard InChI is InChI=1S/C14H10BrClF2O/c15-7-9-1-2-14(13(16)5-9)19-8-10-3-11(17)6-12(18)4-10/h1-6H,7-8H2. The summed E-state index contributed by atoms with van der Waals surface area (Å²) < 4.78 is 31.5. The van der Waals surface area contributed by atoms with E-state index < -0.39 is 11.6 Å². The lowest BCUT2D eigenvalue weighted by Gasteiger charge is -2.09. The monoisotopic (exact) mass is 346 g/mol. The fourth-order valence-electron chi connectivity index (χ4n) is 1.60. The Morgan fingerprint density at radius 3 is 2.26 bits per heavy atom. The lowest BCUT2D eigenvalue weighted by molar-refractivity contribution is 0.305. The van der Waals surface area contributed by atoms with Gasteiger partial charge < -0.3 is 4.74 Å². The van der Waals surface area contributed by atoms with Crippen LogP contribution in [0.25, 0.3) is 0 Å². The van der Waals surface area contributed by atoms with Gasteiger partial charge in [-0.1, -0.05) is 33.6 Å². The van der Waals surface area contributed by atoms with E-state index in [0.717, 1.165) is 11.6 Å². The first kappa shape index (κ1) is 14.3. The highest BCUT2D eigenvalue weighted by molar-refractivity contribution is 9.08. The molecule has 0 fully saturated rings. The van der Waals surface area contributed by atoms with Crippen LogP contribution in [0.3, 0.4) is 0 Å². The van der Waals surface area contributed by atoms with Gasteiger partial charge in [0.2, 0.25) is 0 Å². The van der Waals surface area contributed by atoms with E-state index in [9.17, 15) is 8.78 Å². The van der Waals surface area contributed by atoms with Crippen molar-refractivity contribution in [3.05, 3.63) is 64.2 Å². The van der Waals surface area contributed by atoms with E-state index in [4.69, 9.17) is 16.3 Å². The van der Waals surface area contributed by atoms with Crippen LogP contribution in [0.4, 0.5) is 8.78 Å². The fourth-order valence-corrected chi connectivity index (χ4v) is 2.21. The number of hydrogen-bond acceptors (Lipinski definition) is 1. The summed E-state index contributed by atoms with van der Waals surface area (Å²) in [5.74, 6) is -0.769. The minimum absolute atomic E-state index is 0.0576. The van der Waals surface area contributed by atoms with Gasteiger partial charge >= 0.3 is 0 Å². The van der Waals surface area contributed by atoms with Crippen LogP contribution in [0.2, 0.25) is 5.02 Å². The second kappa shape index (κ2) is 6.35. The summed E-state index contributed by atoms with van der Waals surface area (Å²) >= 11 is 9.37. The summed E-state index contributed by atoms with van der Waals surface area (Å²) in [7, 11) is 0. The summed E-state index contributed by atoms with van der Waals surface area (Å²) in [6.07, 6.45) is 0. The Hall–Kier alpha value is -1.13. The molecular formula is C14H10BrClF2O. The van der Waals surface area contributed by atoms with Crippen LogP contribution >= 0.6 is 27.5 Å². The van der Waals surface area contributed by atoms with Gasteiger partial charge in [-0.25, -0.2) is 8.78 Å². The quantitative estimate of drug-likeness (QED) is 0.700. The van der Waals surface area contributed by atoms with Crippen LogP contribution in [-0.2, 0) is 11.9 Å². The van der Waals surface area contributed by atoms with Crippen LogP contribution < -0.4 is 4.74 Å². The molecule has 19 heavy (non-hydrogen) atoms. The van der Waals surface area contributed by atoms with Gasteiger partial charge in [0, 0.05) is 11.4 Å². The van der Waals surface area contributed by atoms with Crippen molar-refractivity contribution in [2.45, 2.75) is 11.9 Å². The molecule has 0 spiro atoms. The lowest BCUT2D eigenvalue weighted by atomic mass is 10.2. The Morgan fingerprint density at radius 1 is 1.00 bits per heavy atom. The summed E-state index contributed by atoms with van der Waals surface area (Å²) in [6, 6.07) is 8.64. The van der Waals surface area contributed by atoms with Crippen molar-refractivity contribution in [1.82, 2.24) is 0 Å². The molecule has 0 amide bonds. The van der Waals surface area contributed by atoms with Crippen LogP contribution in [0.15, 0.2) is 36.4 Å². The molecule has 0 radical (unpaired) electrons. The zero-order chi connectivity index (χ0) is 13.8. The highest BCUT2D eigenvalue weighted by Gasteiger charge is 2.05. The number of rotatable bonds is 4. The molecule has 0 saturated carbocycles. The maximum Gasteiger partial charge on any atom is 0.138 e. The van der Waals surface area contributed by atoms with Gasteiger partial charge in [-0.3, -0.25) is 0 Å². The summed E-state index contributed by atoms with van der Waals surface area (Å²) in [6.45, 7) is 0.0576. The molecule has 0 N–H and O–H groups in total. The maximum atomic E-state index is 13.0. The van der Waals surface area contributed by atoms with Crippen molar-refractivity contribution in [3.8, 4) is 5.75 Å². The molecule has 0 atom stereocenters. The molecule has 0 aliphatic rings. The van der Waals surface area contributed by atoms with E-state index in [1.807, 2.05) is 6.07 Å². The molecule has 100 valence electrons. The molecule has 0 bridgehead atoms. The van der Waals surface area contributed by atoms with Gasteiger partial charge in [0.15, 0.2) is 0 Å². The van der Waals surface area contributed by atoms with Gasteiger partial charge in [0.25, 0.3) is 0 Å². The lowest BCUT2D eigenvalue weighted by Crippen LogP contribution is -1.98. The predicted octanol–water partition coefficient (Wildman–Crippen LogP) is 5.09. The molecule has 0 heterocycles. The van der Waals surface area contributed by atoms with Crippen LogP contribution in [-0.4, -0.2) is 0 Å². The zero-order valence-corrected chi connectivity index (χ0v) is 12.1. The first-order valence-electron chi connectivity index (χ1n) is 5.50. The minimum atomic E-state index is -0.626. The first-order valence-corrected chi connectivity index (χ1v) is 7.00. The number of alkyl halides is 1. The molecule has 0 aliphatic carbocycles. The van der Waals surface area contributed by atoms with Gasteiger partial charge in [0.05, 0.1) is 5.02 Å². The van der Waals surface area contributed by atoms with Crippen molar-refractivity contribution in [1.29, 1.82) is 0 Å². The molecule has 0 aromatic heterocycles. The third-order valence-electron chi connectivity index (χ3n) is 2.47. The average Bonchev–Trinajstić information content (AvgIpc) is 2.36. The molecule has 2 aromatic carbocycles. The molecular weight excluding hydrogens is 338 g/mol. The maximum absolute atomic E-state index is 13.0. The Labute approximate surface area is 123 Å². The number of ether oxygens (including phenoxy) is 1. The van der Waals surface area contributed by atoms with Crippen molar-refractivity contribution in [3.63, 3.8) is 0 Å². The third-order valence-corrected chi connectivity index (χ3v) is 3.41. The van der Waals surface area contributed by atoms with E-state index in [2.05, 4.69) is 15.9 Å². The average molecular weight is 348 g/mol. The Bertz CT molecular complexity index is 569. The largest absolute Gasteiger partial charge is 0.487 e.